The number of carbonyl (C=O) groups is 2. The van der Waals surface area contributed by atoms with Crippen LogP contribution < -0.4 is 10.1 Å². The number of methoxy groups -OCH3 is 1. The second kappa shape index (κ2) is 9.33. The Morgan fingerprint density at radius 3 is 2.40 bits per heavy atom. The summed E-state index contributed by atoms with van der Waals surface area (Å²) in [5.74, 6) is -0.876. The Balaban J connectivity index is 1.85. The highest BCUT2D eigenvalue weighted by molar-refractivity contribution is 5.98. The van der Waals surface area contributed by atoms with Crippen LogP contribution in [0, 0.1) is 10.1 Å². The first-order chi connectivity index (χ1) is 14.5. The molecule has 0 aromatic heterocycles. The lowest BCUT2D eigenvalue weighted by Gasteiger charge is -2.18. The summed E-state index contributed by atoms with van der Waals surface area (Å²) in [5, 5.41) is 13.7. The van der Waals surface area contributed by atoms with Crippen molar-refractivity contribution in [2.24, 2.45) is 0 Å². The molecule has 0 saturated carbocycles. The maximum Gasteiger partial charge on any atom is 0.339 e. The third-order valence-electron chi connectivity index (χ3n) is 4.20. The van der Waals surface area contributed by atoms with Gasteiger partial charge in [0.05, 0.1) is 17.6 Å². The fourth-order valence-electron chi connectivity index (χ4n) is 2.73. The number of hydrogen-bond acceptors (Lipinski definition) is 6. The molecule has 152 valence electrons. The molecular weight excluding hydrogens is 388 g/mol. The fourth-order valence-corrected chi connectivity index (χ4v) is 2.73. The molecule has 3 rings (SSSR count). The van der Waals surface area contributed by atoms with E-state index in [0.717, 1.165) is 6.07 Å². The van der Waals surface area contributed by atoms with Crippen molar-refractivity contribution in [3.8, 4) is 5.75 Å². The Kier molecular flexibility index (Phi) is 6.39. The number of non-ortho nitro benzene ring substituents is 1. The van der Waals surface area contributed by atoms with Crippen molar-refractivity contribution in [3.63, 3.8) is 0 Å². The van der Waals surface area contributed by atoms with Crippen LogP contribution in [0.3, 0.4) is 0 Å². The SMILES string of the molecule is COc1cccc(NC(=O)[C@@H](OC(=O)c2cccc([N+](=O)[O-])c2)c2ccccc2)c1. The van der Waals surface area contributed by atoms with E-state index in [4.69, 9.17) is 9.47 Å². The molecular formula is C22H18N2O6. The van der Waals surface area contributed by atoms with E-state index in [1.54, 1.807) is 54.6 Å². The maximum absolute atomic E-state index is 12.9. The summed E-state index contributed by atoms with van der Waals surface area (Å²) in [6, 6.07) is 20.4. The van der Waals surface area contributed by atoms with Gasteiger partial charge < -0.3 is 14.8 Å². The zero-order valence-corrected chi connectivity index (χ0v) is 16.0. The normalized spacial score (nSPS) is 11.2. The number of nitro benzene ring substituents is 1. The summed E-state index contributed by atoms with van der Waals surface area (Å²) >= 11 is 0. The Morgan fingerprint density at radius 2 is 1.70 bits per heavy atom. The van der Waals surface area contributed by atoms with Crippen LogP contribution in [0.4, 0.5) is 11.4 Å². The molecule has 0 radical (unpaired) electrons. The Bertz CT molecular complexity index is 1070. The van der Waals surface area contributed by atoms with Crippen LogP contribution in [0.5, 0.6) is 5.75 Å². The molecule has 1 atom stereocenters. The van der Waals surface area contributed by atoms with Crippen molar-refractivity contribution in [2.75, 3.05) is 12.4 Å². The Hall–Kier alpha value is -4.20. The molecule has 3 aromatic rings. The van der Waals surface area contributed by atoms with Gasteiger partial charge in [-0.1, -0.05) is 42.5 Å². The topological polar surface area (TPSA) is 108 Å². The standard InChI is InChI=1S/C22H18N2O6/c1-29-19-12-6-10-17(14-19)23-21(25)20(15-7-3-2-4-8-15)30-22(26)16-9-5-11-18(13-16)24(27)28/h2-14,20H,1H3,(H,23,25)/t20-/m0/s1. The van der Waals surface area contributed by atoms with E-state index in [0.29, 0.717) is 17.0 Å². The molecule has 1 N–H and O–H groups in total. The summed E-state index contributed by atoms with van der Waals surface area (Å²) < 4.78 is 10.6. The van der Waals surface area contributed by atoms with Crippen LogP contribution in [0.25, 0.3) is 0 Å². The summed E-state index contributed by atoms with van der Waals surface area (Å²) in [6.07, 6.45) is -1.26. The molecule has 30 heavy (non-hydrogen) atoms. The van der Waals surface area contributed by atoms with Crippen LogP contribution in [0.15, 0.2) is 78.9 Å². The van der Waals surface area contributed by atoms with Gasteiger partial charge in [0.15, 0.2) is 0 Å². The van der Waals surface area contributed by atoms with Crippen molar-refractivity contribution >= 4 is 23.3 Å². The van der Waals surface area contributed by atoms with Gasteiger partial charge >= 0.3 is 5.97 Å². The van der Waals surface area contributed by atoms with Gasteiger partial charge in [-0.25, -0.2) is 4.79 Å². The minimum Gasteiger partial charge on any atom is -0.497 e. The summed E-state index contributed by atoms with van der Waals surface area (Å²) in [4.78, 5) is 35.9. The minimum absolute atomic E-state index is 0.0284. The summed E-state index contributed by atoms with van der Waals surface area (Å²) in [7, 11) is 1.51. The largest absolute Gasteiger partial charge is 0.497 e. The maximum atomic E-state index is 12.9. The molecule has 3 aromatic carbocycles. The fraction of sp³-hybridized carbons (Fsp3) is 0.0909. The molecule has 8 heteroatoms. The predicted octanol–water partition coefficient (Wildman–Crippen LogP) is 4.14. The van der Waals surface area contributed by atoms with Gasteiger partial charge in [-0.05, 0) is 18.2 Å². The van der Waals surface area contributed by atoms with E-state index in [1.807, 2.05) is 0 Å². The number of carbonyl (C=O) groups excluding carboxylic acids is 2. The van der Waals surface area contributed by atoms with E-state index in [1.165, 1.54) is 25.3 Å². The van der Waals surface area contributed by atoms with E-state index in [2.05, 4.69) is 5.32 Å². The predicted molar refractivity (Wildman–Crippen MR) is 109 cm³/mol. The van der Waals surface area contributed by atoms with Gasteiger partial charge in [0.25, 0.3) is 11.6 Å². The highest BCUT2D eigenvalue weighted by atomic mass is 16.6. The molecule has 8 nitrogen and oxygen atoms in total. The first kappa shape index (κ1) is 20.5. The molecule has 0 aliphatic heterocycles. The first-order valence-electron chi connectivity index (χ1n) is 8.93. The van der Waals surface area contributed by atoms with E-state index in [9.17, 15) is 19.7 Å². The molecule has 0 heterocycles. The van der Waals surface area contributed by atoms with Crippen LogP contribution in [-0.4, -0.2) is 23.9 Å². The van der Waals surface area contributed by atoms with Crippen molar-refractivity contribution in [2.45, 2.75) is 6.10 Å². The van der Waals surface area contributed by atoms with Crippen LogP contribution in [0.1, 0.15) is 22.0 Å². The molecule has 1 amide bonds. The molecule has 0 saturated heterocycles. The Labute approximate surface area is 172 Å². The van der Waals surface area contributed by atoms with Gasteiger partial charge in [-0.2, -0.15) is 0 Å². The minimum atomic E-state index is -1.26. The number of esters is 1. The van der Waals surface area contributed by atoms with Crippen LogP contribution in [0.2, 0.25) is 0 Å². The molecule has 0 spiro atoms. The number of nitrogens with one attached hydrogen (secondary N) is 1. The van der Waals surface area contributed by atoms with E-state index in [-0.39, 0.29) is 11.3 Å². The quantitative estimate of drug-likeness (QED) is 0.359. The van der Waals surface area contributed by atoms with E-state index < -0.39 is 22.9 Å². The lowest BCUT2D eigenvalue weighted by atomic mass is 10.1. The lowest BCUT2D eigenvalue weighted by Crippen LogP contribution is -2.26. The zero-order chi connectivity index (χ0) is 21.5. The van der Waals surface area contributed by atoms with E-state index >= 15 is 0 Å². The van der Waals surface area contributed by atoms with Crippen molar-refractivity contribution in [1.29, 1.82) is 0 Å². The number of ether oxygens (including phenoxy) is 2. The highest BCUT2D eigenvalue weighted by Gasteiger charge is 2.26. The zero-order valence-electron chi connectivity index (χ0n) is 16.0. The second-order valence-electron chi connectivity index (χ2n) is 6.22. The number of rotatable bonds is 7. The number of anilines is 1. The number of benzene rings is 3. The highest BCUT2D eigenvalue weighted by Crippen LogP contribution is 2.24. The summed E-state index contributed by atoms with van der Waals surface area (Å²) in [5.41, 5.74) is 0.643. The number of amides is 1. The lowest BCUT2D eigenvalue weighted by molar-refractivity contribution is -0.384. The van der Waals surface area contributed by atoms with Crippen molar-refractivity contribution in [3.05, 3.63) is 100 Å². The molecule has 0 unspecified atom stereocenters. The van der Waals surface area contributed by atoms with Gasteiger partial charge in [0.1, 0.15) is 5.75 Å². The average molecular weight is 406 g/mol. The monoisotopic (exact) mass is 406 g/mol. The molecule has 0 bridgehead atoms. The van der Waals surface area contributed by atoms with Crippen LogP contribution in [-0.2, 0) is 9.53 Å². The summed E-state index contributed by atoms with van der Waals surface area (Å²) in [6.45, 7) is 0. The Morgan fingerprint density at radius 1 is 0.967 bits per heavy atom. The molecule has 0 aliphatic rings. The van der Waals surface area contributed by atoms with Crippen molar-refractivity contribution < 1.29 is 24.0 Å². The third-order valence-corrected chi connectivity index (χ3v) is 4.20. The van der Waals surface area contributed by atoms with Crippen LogP contribution >= 0.6 is 0 Å². The van der Waals surface area contributed by atoms with Gasteiger partial charge in [0, 0.05) is 29.4 Å². The molecule has 0 fully saturated rings. The average Bonchev–Trinajstić information content (AvgIpc) is 2.78. The number of hydrogen-bond donors (Lipinski definition) is 1. The number of nitrogens with zero attached hydrogens (tertiary/aromatic N) is 1. The third kappa shape index (κ3) is 4.99. The van der Waals surface area contributed by atoms with Gasteiger partial charge in [-0.3, -0.25) is 14.9 Å². The van der Waals surface area contributed by atoms with Crippen molar-refractivity contribution in [1.82, 2.24) is 0 Å². The second-order valence-corrected chi connectivity index (χ2v) is 6.22. The van der Waals surface area contributed by atoms with Gasteiger partial charge in [-0.15, -0.1) is 0 Å². The number of nitro groups is 1. The smallest absolute Gasteiger partial charge is 0.339 e. The molecule has 0 aliphatic carbocycles. The van der Waals surface area contributed by atoms with Gasteiger partial charge in [0.2, 0.25) is 6.10 Å². The first-order valence-corrected chi connectivity index (χ1v) is 8.93.